The van der Waals surface area contributed by atoms with Crippen LogP contribution >= 0.6 is 0 Å². The Morgan fingerprint density at radius 3 is 2.42 bits per heavy atom. The second kappa shape index (κ2) is 6.23. The molecule has 1 aliphatic rings. The van der Waals surface area contributed by atoms with Gasteiger partial charge in [0.05, 0.1) is 11.5 Å². The number of nitro groups is 1. The zero-order valence-electron chi connectivity index (χ0n) is 12.0. The second-order valence-corrected chi connectivity index (χ2v) is 5.05. The molecule has 1 aliphatic heterocycles. The minimum Gasteiger partial charge on any atom is -1.00 e. The summed E-state index contributed by atoms with van der Waals surface area (Å²) in [6.45, 7) is 0.254. The van der Waals surface area contributed by atoms with Gasteiger partial charge in [-0.3, -0.25) is 15.5 Å². The minimum atomic E-state index is -4.84. The molecule has 0 bridgehead atoms. The number of halogens is 4. The first-order valence-electron chi connectivity index (χ1n) is 6.59. The maximum atomic E-state index is 13.1. The lowest BCUT2D eigenvalue weighted by Gasteiger charge is -2.19. The van der Waals surface area contributed by atoms with E-state index in [1.54, 1.807) is 24.3 Å². The van der Waals surface area contributed by atoms with Crippen LogP contribution in [0.25, 0.3) is 0 Å². The van der Waals surface area contributed by atoms with Crippen LogP contribution in [0.2, 0.25) is 0 Å². The molecule has 1 N–H and O–H groups in total. The Hall–Kier alpha value is -2.42. The quantitative estimate of drug-likeness (QED) is 0.602. The number of benzene rings is 2. The molecule has 0 amide bonds. The SMILES string of the molecule is N=C1c2ccccc2CN1c1ccc([N+](=O)[O-])c(C(F)(F)F)c1.[Br-]. The lowest BCUT2D eigenvalue weighted by Crippen LogP contribution is -3.00. The maximum Gasteiger partial charge on any atom is 0.423 e. The largest absolute Gasteiger partial charge is 1.00 e. The molecule has 9 heteroatoms. The number of hydrogen-bond donors (Lipinski definition) is 1. The van der Waals surface area contributed by atoms with Gasteiger partial charge in [-0.1, -0.05) is 24.3 Å². The third kappa shape index (κ3) is 2.99. The summed E-state index contributed by atoms with van der Waals surface area (Å²) in [6, 6.07) is 9.81. The van der Waals surface area contributed by atoms with Crippen molar-refractivity contribution in [3.05, 3.63) is 69.3 Å². The van der Waals surface area contributed by atoms with Crippen LogP contribution in [0.3, 0.4) is 0 Å². The Labute approximate surface area is 145 Å². The Morgan fingerprint density at radius 1 is 1.17 bits per heavy atom. The third-order valence-electron chi connectivity index (χ3n) is 3.66. The molecule has 0 saturated heterocycles. The summed E-state index contributed by atoms with van der Waals surface area (Å²) in [7, 11) is 0. The highest BCUT2D eigenvalue weighted by atomic mass is 79.9. The van der Waals surface area contributed by atoms with E-state index in [0.717, 1.165) is 17.7 Å². The van der Waals surface area contributed by atoms with E-state index in [1.807, 2.05) is 0 Å². The molecule has 0 saturated carbocycles. The number of amidine groups is 1. The van der Waals surface area contributed by atoms with E-state index in [9.17, 15) is 23.3 Å². The molecule has 2 aromatic rings. The number of hydrogen-bond acceptors (Lipinski definition) is 3. The van der Waals surface area contributed by atoms with Gasteiger partial charge in [0, 0.05) is 17.3 Å². The Morgan fingerprint density at radius 2 is 1.83 bits per heavy atom. The van der Waals surface area contributed by atoms with Crippen LogP contribution in [0, 0.1) is 15.5 Å². The number of rotatable bonds is 2. The first kappa shape index (κ1) is 17.9. The third-order valence-corrected chi connectivity index (χ3v) is 3.66. The molecule has 0 atom stereocenters. The smallest absolute Gasteiger partial charge is 0.423 e. The Bertz CT molecular complexity index is 824. The van der Waals surface area contributed by atoms with Gasteiger partial charge >= 0.3 is 6.18 Å². The van der Waals surface area contributed by atoms with Crippen LogP contribution in [-0.2, 0) is 12.7 Å². The molecule has 2 aromatic carbocycles. The zero-order chi connectivity index (χ0) is 16.8. The van der Waals surface area contributed by atoms with Crippen molar-refractivity contribution in [2.45, 2.75) is 12.7 Å². The molecule has 0 spiro atoms. The van der Waals surface area contributed by atoms with Crippen LogP contribution in [-0.4, -0.2) is 10.8 Å². The van der Waals surface area contributed by atoms with Crippen molar-refractivity contribution in [1.29, 1.82) is 5.41 Å². The molecule has 3 rings (SSSR count). The second-order valence-electron chi connectivity index (χ2n) is 5.05. The predicted molar refractivity (Wildman–Crippen MR) is 77.6 cm³/mol. The van der Waals surface area contributed by atoms with Crippen LogP contribution in [0.5, 0.6) is 0 Å². The van der Waals surface area contributed by atoms with Crippen molar-refractivity contribution in [3.63, 3.8) is 0 Å². The first-order valence-corrected chi connectivity index (χ1v) is 6.59. The monoisotopic (exact) mass is 400 g/mol. The van der Waals surface area contributed by atoms with E-state index in [2.05, 4.69) is 0 Å². The summed E-state index contributed by atoms with van der Waals surface area (Å²) in [5, 5.41) is 18.9. The molecule has 24 heavy (non-hydrogen) atoms. The van der Waals surface area contributed by atoms with Crippen molar-refractivity contribution in [1.82, 2.24) is 0 Å². The van der Waals surface area contributed by atoms with E-state index in [1.165, 1.54) is 11.0 Å². The van der Waals surface area contributed by atoms with Crippen LogP contribution in [0.1, 0.15) is 16.7 Å². The summed E-state index contributed by atoms with van der Waals surface area (Å²) in [6.07, 6.45) is -4.84. The van der Waals surface area contributed by atoms with Gasteiger partial charge in [0.15, 0.2) is 0 Å². The summed E-state index contributed by atoms with van der Waals surface area (Å²) in [5.74, 6) is 0.0718. The van der Waals surface area contributed by atoms with Gasteiger partial charge in [0.2, 0.25) is 0 Å². The van der Waals surface area contributed by atoms with Crippen LogP contribution in [0.4, 0.5) is 24.5 Å². The van der Waals surface area contributed by atoms with E-state index in [-0.39, 0.29) is 35.0 Å². The van der Waals surface area contributed by atoms with Gasteiger partial charge in [0.25, 0.3) is 5.69 Å². The fraction of sp³-hybridized carbons (Fsp3) is 0.133. The van der Waals surface area contributed by atoms with Gasteiger partial charge in [-0.25, -0.2) is 0 Å². The van der Waals surface area contributed by atoms with Crippen molar-refractivity contribution < 1.29 is 35.1 Å². The van der Waals surface area contributed by atoms with E-state index < -0.39 is 22.4 Å². The number of nitrogens with one attached hydrogen (secondary N) is 1. The fourth-order valence-corrected chi connectivity index (χ4v) is 2.58. The lowest BCUT2D eigenvalue weighted by atomic mass is 10.1. The van der Waals surface area contributed by atoms with Crippen molar-refractivity contribution in [3.8, 4) is 0 Å². The molecule has 0 aromatic heterocycles. The summed E-state index contributed by atoms with van der Waals surface area (Å²) in [5.41, 5.74) is -0.749. The number of anilines is 1. The van der Waals surface area contributed by atoms with Crippen molar-refractivity contribution in [2.75, 3.05) is 4.90 Å². The van der Waals surface area contributed by atoms with Gasteiger partial charge in [-0.15, -0.1) is 0 Å². The molecule has 5 nitrogen and oxygen atoms in total. The van der Waals surface area contributed by atoms with Crippen LogP contribution < -0.4 is 21.9 Å². The van der Waals surface area contributed by atoms with Crippen molar-refractivity contribution in [2.24, 2.45) is 0 Å². The van der Waals surface area contributed by atoms with Crippen LogP contribution in [0.15, 0.2) is 42.5 Å². The maximum absolute atomic E-state index is 13.1. The normalized spacial score (nSPS) is 13.5. The summed E-state index contributed by atoms with van der Waals surface area (Å²) >= 11 is 0. The van der Waals surface area contributed by atoms with Gasteiger partial charge in [-0.05, 0) is 17.7 Å². The van der Waals surface area contributed by atoms with Gasteiger partial charge in [-0.2, -0.15) is 13.2 Å². The summed E-state index contributed by atoms with van der Waals surface area (Å²) < 4.78 is 39.2. The Balaban J connectivity index is 0.00000208. The Kier molecular flexibility index (Phi) is 4.66. The average Bonchev–Trinajstić information content (AvgIpc) is 2.83. The summed E-state index contributed by atoms with van der Waals surface area (Å²) in [4.78, 5) is 11.1. The number of nitro benzene ring substituents is 1. The van der Waals surface area contributed by atoms with E-state index >= 15 is 0 Å². The molecule has 0 radical (unpaired) electrons. The average molecular weight is 401 g/mol. The molecule has 0 fully saturated rings. The topological polar surface area (TPSA) is 70.2 Å². The molecule has 1 heterocycles. The van der Waals surface area contributed by atoms with Crippen molar-refractivity contribution >= 4 is 17.2 Å². The predicted octanol–water partition coefficient (Wildman–Crippen LogP) is 0.963. The molecular weight excluding hydrogens is 391 g/mol. The lowest BCUT2D eigenvalue weighted by molar-refractivity contribution is -0.388. The zero-order valence-corrected chi connectivity index (χ0v) is 13.6. The highest BCUT2D eigenvalue weighted by molar-refractivity contribution is 6.11. The molecule has 126 valence electrons. The minimum absolute atomic E-state index is 0. The standard InChI is InChI=1S/C15H10F3N3O2.BrH/c16-15(17,18)12-7-10(5-6-13(12)21(22)23)20-8-9-3-1-2-4-11(9)14(20)19;/h1-7,19H,8H2;1H/p-1. The van der Waals surface area contributed by atoms with E-state index in [4.69, 9.17) is 5.41 Å². The molecular formula is C15H10BrF3N3O2-. The van der Waals surface area contributed by atoms with Gasteiger partial charge < -0.3 is 21.9 Å². The first-order chi connectivity index (χ1) is 10.8. The fourth-order valence-electron chi connectivity index (χ4n) is 2.58. The number of alkyl halides is 3. The highest BCUT2D eigenvalue weighted by Gasteiger charge is 2.39. The highest BCUT2D eigenvalue weighted by Crippen LogP contribution is 2.39. The molecule has 0 unspecified atom stereocenters. The van der Waals surface area contributed by atoms with E-state index in [0.29, 0.717) is 5.56 Å². The molecule has 0 aliphatic carbocycles. The van der Waals surface area contributed by atoms with Gasteiger partial charge in [0.1, 0.15) is 11.4 Å². The number of fused-ring (bicyclic) bond motifs is 1. The number of nitrogens with zero attached hydrogens (tertiary/aromatic N) is 2.